The van der Waals surface area contributed by atoms with Crippen LogP contribution >= 0.6 is 15.9 Å². The molecule has 0 radical (unpaired) electrons. The van der Waals surface area contributed by atoms with Crippen molar-refractivity contribution in [2.24, 2.45) is 5.92 Å². The van der Waals surface area contributed by atoms with E-state index in [1.807, 2.05) is 6.07 Å². The van der Waals surface area contributed by atoms with Crippen molar-refractivity contribution < 1.29 is 8.78 Å². The molecule has 1 fully saturated rings. The number of aromatic nitrogens is 1. The number of nitrogens with two attached hydrogens (primary N) is 1. The minimum Gasteiger partial charge on any atom is -0.384 e. The molecule has 0 aliphatic heterocycles. The van der Waals surface area contributed by atoms with Gasteiger partial charge in [0.15, 0.2) is 0 Å². The van der Waals surface area contributed by atoms with Gasteiger partial charge in [-0.3, -0.25) is 0 Å². The molecule has 2 N–H and O–H groups in total. The van der Waals surface area contributed by atoms with E-state index in [2.05, 4.69) is 20.9 Å². The van der Waals surface area contributed by atoms with Crippen molar-refractivity contribution in [1.29, 1.82) is 0 Å². The van der Waals surface area contributed by atoms with Crippen molar-refractivity contribution in [2.75, 3.05) is 5.73 Å². The number of hydrogen-bond acceptors (Lipinski definition) is 2. The summed E-state index contributed by atoms with van der Waals surface area (Å²) in [6.45, 7) is 0. The SMILES string of the molecule is Nc1cc(Br)cc(CC2CCC(F)(F)CC2)n1. The lowest BCUT2D eigenvalue weighted by molar-refractivity contribution is -0.0457. The Balaban J connectivity index is 1.97. The third-order valence-electron chi connectivity index (χ3n) is 3.20. The second kappa shape index (κ2) is 4.88. The smallest absolute Gasteiger partial charge is 0.248 e. The molecular weight excluding hydrogens is 290 g/mol. The summed E-state index contributed by atoms with van der Waals surface area (Å²) in [5.41, 5.74) is 6.53. The standard InChI is InChI=1S/C12H15BrF2N2/c13-9-6-10(17-11(16)7-9)5-8-1-3-12(14,15)4-2-8/h6-8H,1-5H2,(H2,16,17). The summed E-state index contributed by atoms with van der Waals surface area (Å²) >= 11 is 3.36. The quantitative estimate of drug-likeness (QED) is 0.902. The van der Waals surface area contributed by atoms with Crippen molar-refractivity contribution in [3.63, 3.8) is 0 Å². The molecular formula is C12H15BrF2N2. The highest BCUT2D eigenvalue weighted by molar-refractivity contribution is 9.10. The van der Waals surface area contributed by atoms with E-state index in [-0.39, 0.29) is 12.8 Å². The van der Waals surface area contributed by atoms with Crippen molar-refractivity contribution in [2.45, 2.75) is 38.0 Å². The summed E-state index contributed by atoms with van der Waals surface area (Å²) in [5, 5.41) is 0. The number of hydrogen-bond donors (Lipinski definition) is 1. The van der Waals surface area contributed by atoms with Crippen LogP contribution in [-0.2, 0) is 6.42 Å². The van der Waals surface area contributed by atoms with E-state index in [1.54, 1.807) is 6.07 Å². The van der Waals surface area contributed by atoms with Crippen LogP contribution in [0.1, 0.15) is 31.4 Å². The minimum absolute atomic E-state index is 0.00114. The van der Waals surface area contributed by atoms with E-state index < -0.39 is 5.92 Å². The summed E-state index contributed by atoms with van der Waals surface area (Å²) in [4.78, 5) is 4.22. The molecule has 1 saturated carbocycles. The Morgan fingerprint density at radius 2 is 2.00 bits per heavy atom. The van der Waals surface area contributed by atoms with Gasteiger partial charge in [-0.25, -0.2) is 13.8 Å². The molecule has 1 aromatic heterocycles. The van der Waals surface area contributed by atoms with Crippen LogP contribution in [0.3, 0.4) is 0 Å². The molecule has 0 amide bonds. The van der Waals surface area contributed by atoms with Crippen molar-refractivity contribution >= 4 is 21.7 Å². The van der Waals surface area contributed by atoms with E-state index >= 15 is 0 Å². The third kappa shape index (κ3) is 3.63. The average molecular weight is 305 g/mol. The van der Waals surface area contributed by atoms with Gasteiger partial charge in [-0.05, 0) is 37.3 Å². The van der Waals surface area contributed by atoms with Crippen LogP contribution in [0.25, 0.3) is 0 Å². The second-order valence-electron chi connectivity index (χ2n) is 4.71. The molecule has 17 heavy (non-hydrogen) atoms. The van der Waals surface area contributed by atoms with Gasteiger partial charge in [0.25, 0.3) is 0 Å². The maximum absolute atomic E-state index is 13.0. The Hall–Kier alpha value is -0.710. The Bertz CT molecular complexity index is 379. The highest BCUT2D eigenvalue weighted by Crippen LogP contribution is 2.37. The first kappa shape index (κ1) is 12.7. The van der Waals surface area contributed by atoms with Gasteiger partial charge in [0.05, 0.1) is 0 Å². The van der Waals surface area contributed by atoms with Crippen LogP contribution in [-0.4, -0.2) is 10.9 Å². The van der Waals surface area contributed by atoms with E-state index in [9.17, 15) is 8.78 Å². The number of alkyl halides is 2. The van der Waals surface area contributed by atoms with Crippen molar-refractivity contribution in [1.82, 2.24) is 4.98 Å². The van der Waals surface area contributed by atoms with Crippen molar-refractivity contribution in [3.8, 4) is 0 Å². The first-order valence-electron chi connectivity index (χ1n) is 5.74. The average Bonchev–Trinajstić information content (AvgIpc) is 2.20. The second-order valence-corrected chi connectivity index (χ2v) is 5.62. The van der Waals surface area contributed by atoms with Crippen LogP contribution < -0.4 is 5.73 Å². The molecule has 0 atom stereocenters. The number of rotatable bonds is 2. The van der Waals surface area contributed by atoms with Gasteiger partial charge in [0, 0.05) is 23.0 Å². The van der Waals surface area contributed by atoms with Gasteiger partial charge < -0.3 is 5.73 Å². The van der Waals surface area contributed by atoms with Gasteiger partial charge in [0.1, 0.15) is 5.82 Å². The molecule has 2 nitrogen and oxygen atoms in total. The molecule has 0 aromatic carbocycles. The molecule has 1 aliphatic rings. The molecule has 2 rings (SSSR count). The van der Waals surface area contributed by atoms with Crippen LogP contribution in [0.4, 0.5) is 14.6 Å². The summed E-state index contributed by atoms with van der Waals surface area (Å²) in [7, 11) is 0. The van der Waals surface area contributed by atoms with Crippen LogP contribution in [0.15, 0.2) is 16.6 Å². The predicted molar refractivity (Wildman–Crippen MR) is 67.0 cm³/mol. The molecule has 0 bridgehead atoms. The highest BCUT2D eigenvalue weighted by atomic mass is 79.9. The lowest BCUT2D eigenvalue weighted by Crippen LogP contribution is -2.25. The number of halogens is 3. The first-order valence-corrected chi connectivity index (χ1v) is 6.54. The Labute approximate surface area is 108 Å². The topological polar surface area (TPSA) is 38.9 Å². The van der Waals surface area contributed by atoms with Gasteiger partial charge >= 0.3 is 0 Å². The fourth-order valence-corrected chi connectivity index (χ4v) is 2.78. The third-order valence-corrected chi connectivity index (χ3v) is 3.66. The highest BCUT2D eigenvalue weighted by Gasteiger charge is 2.34. The fraction of sp³-hybridized carbons (Fsp3) is 0.583. The molecule has 0 spiro atoms. The summed E-state index contributed by atoms with van der Waals surface area (Å²) in [6, 6.07) is 3.64. The molecule has 1 heterocycles. The largest absolute Gasteiger partial charge is 0.384 e. The number of anilines is 1. The molecule has 5 heteroatoms. The zero-order valence-electron chi connectivity index (χ0n) is 9.43. The molecule has 1 aliphatic carbocycles. The number of pyridine rings is 1. The monoisotopic (exact) mass is 304 g/mol. The Morgan fingerprint density at radius 3 is 2.59 bits per heavy atom. The molecule has 1 aromatic rings. The first-order chi connectivity index (χ1) is 7.94. The summed E-state index contributed by atoms with van der Waals surface area (Å²) in [5.74, 6) is -1.69. The zero-order valence-corrected chi connectivity index (χ0v) is 11.0. The van der Waals surface area contributed by atoms with E-state index in [1.165, 1.54) is 0 Å². The van der Waals surface area contributed by atoms with Crippen molar-refractivity contribution in [3.05, 3.63) is 22.3 Å². The van der Waals surface area contributed by atoms with Crippen LogP contribution in [0.5, 0.6) is 0 Å². The predicted octanol–water partition coefficient (Wildman–Crippen LogP) is 3.79. The van der Waals surface area contributed by atoms with Crippen LogP contribution in [0, 0.1) is 5.92 Å². The normalized spacial score (nSPS) is 20.4. The van der Waals surface area contributed by atoms with Gasteiger partial charge in [-0.15, -0.1) is 0 Å². The summed E-state index contributed by atoms with van der Waals surface area (Å²) in [6.07, 6.45) is 1.88. The maximum atomic E-state index is 13.0. The van der Waals surface area contributed by atoms with E-state index in [4.69, 9.17) is 5.73 Å². The molecule has 0 saturated heterocycles. The van der Waals surface area contributed by atoms with Crippen LogP contribution in [0.2, 0.25) is 0 Å². The number of nitrogen functional groups attached to an aromatic ring is 1. The maximum Gasteiger partial charge on any atom is 0.248 e. The van der Waals surface area contributed by atoms with Gasteiger partial charge in [0.2, 0.25) is 5.92 Å². The van der Waals surface area contributed by atoms with Gasteiger partial charge in [-0.2, -0.15) is 0 Å². The molecule has 94 valence electrons. The van der Waals surface area contributed by atoms with E-state index in [0.29, 0.717) is 24.6 Å². The van der Waals surface area contributed by atoms with Gasteiger partial charge in [-0.1, -0.05) is 15.9 Å². The zero-order chi connectivity index (χ0) is 12.5. The lowest BCUT2D eigenvalue weighted by Gasteiger charge is -2.28. The Kier molecular flexibility index (Phi) is 3.66. The lowest BCUT2D eigenvalue weighted by atomic mass is 9.84. The fourth-order valence-electron chi connectivity index (χ4n) is 2.28. The summed E-state index contributed by atoms with van der Waals surface area (Å²) < 4.78 is 26.9. The number of nitrogens with zero attached hydrogens (tertiary/aromatic N) is 1. The minimum atomic E-state index is -2.46. The molecule has 0 unspecified atom stereocenters. The van der Waals surface area contributed by atoms with E-state index in [0.717, 1.165) is 16.6 Å². The Morgan fingerprint density at radius 1 is 1.35 bits per heavy atom.